The van der Waals surface area contributed by atoms with E-state index < -0.39 is 0 Å². The first-order chi connectivity index (χ1) is 9.50. The summed E-state index contributed by atoms with van der Waals surface area (Å²) in [7, 11) is 4.03. The lowest BCUT2D eigenvalue weighted by Gasteiger charge is -2.26. The number of rotatable bonds is 7. The number of guanidine groups is 1. The van der Waals surface area contributed by atoms with Gasteiger partial charge in [0.1, 0.15) is 0 Å². The molecule has 0 aromatic heterocycles. The maximum absolute atomic E-state index is 4.31. The minimum absolute atomic E-state index is 0. The molecule has 4 nitrogen and oxygen atoms in total. The summed E-state index contributed by atoms with van der Waals surface area (Å²) in [4.78, 5) is 6.69. The van der Waals surface area contributed by atoms with Crippen LogP contribution in [0.5, 0.6) is 0 Å². The molecule has 1 rings (SSSR count). The van der Waals surface area contributed by atoms with Crippen LogP contribution in [-0.4, -0.2) is 61.1 Å². The zero-order valence-electron chi connectivity index (χ0n) is 14.2. The van der Waals surface area contributed by atoms with E-state index in [1.807, 2.05) is 7.05 Å². The average molecular weight is 428 g/mol. The highest BCUT2D eigenvalue weighted by Gasteiger charge is 2.29. The van der Waals surface area contributed by atoms with Crippen LogP contribution in [-0.2, 0) is 0 Å². The predicted molar refractivity (Wildman–Crippen MR) is 107 cm³/mol. The number of thioether (sulfide) groups is 1. The molecule has 0 bridgehead atoms. The molecule has 2 N–H and O–H groups in total. The Morgan fingerprint density at radius 3 is 2.67 bits per heavy atom. The van der Waals surface area contributed by atoms with Crippen LogP contribution < -0.4 is 10.6 Å². The van der Waals surface area contributed by atoms with Gasteiger partial charge in [0.05, 0.1) is 0 Å². The molecule has 0 aliphatic carbocycles. The van der Waals surface area contributed by atoms with E-state index in [1.54, 1.807) is 0 Å². The molecule has 0 spiro atoms. The van der Waals surface area contributed by atoms with Crippen molar-refractivity contribution in [2.75, 3.05) is 39.5 Å². The monoisotopic (exact) mass is 428 g/mol. The summed E-state index contributed by atoms with van der Waals surface area (Å²) in [6, 6.07) is 0.639. The van der Waals surface area contributed by atoms with Gasteiger partial charge in [-0.05, 0) is 45.9 Å². The molecule has 126 valence electrons. The van der Waals surface area contributed by atoms with Gasteiger partial charge < -0.3 is 15.5 Å². The van der Waals surface area contributed by atoms with Crippen molar-refractivity contribution in [2.45, 2.75) is 50.8 Å². The Bertz CT molecular complexity index is 306. The normalized spacial score (nSPS) is 23.8. The van der Waals surface area contributed by atoms with Crippen LogP contribution in [0.15, 0.2) is 4.99 Å². The van der Waals surface area contributed by atoms with Gasteiger partial charge in [0, 0.05) is 37.5 Å². The fourth-order valence-electron chi connectivity index (χ4n) is 2.35. The summed E-state index contributed by atoms with van der Waals surface area (Å²) in [6.07, 6.45) is 3.84. The quantitative estimate of drug-likeness (QED) is 0.372. The van der Waals surface area contributed by atoms with Crippen molar-refractivity contribution in [1.82, 2.24) is 15.5 Å². The van der Waals surface area contributed by atoms with Crippen LogP contribution in [0, 0.1) is 0 Å². The molecule has 0 aromatic carbocycles. The first kappa shape index (κ1) is 21.3. The van der Waals surface area contributed by atoms with E-state index in [9.17, 15) is 0 Å². The third-order valence-corrected chi connectivity index (χ3v) is 5.79. The first-order valence-electron chi connectivity index (χ1n) is 7.79. The summed E-state index contributed by atoms with van der Waals surface area (Å²) in [5.74, 6) is 2.22. The van der Waals surface area contributed by atoms with Crippen molar-refractivity contribution in [2.24, 2.45) is 4.99 Å². The molecular weight excluding hydrogens is 395 g/mol. The molecule has 1 fully saturated rings. The zero-order chi connectivity index (χ0) is 15.0. The zero-order valence-corrected chi connectivity index (χ0v) is 17.4. The van der Waals surface area contributed by atoms with Gasteiger partial charge in [0.25, 0.3) is 0 Å². The Kier molecular flexibility index (Phi) is 11.1. The second-order valence-corrected chi connectivity index (χ2v) is 7.67. The van der Waals surface area contributed by atoms with E-state index in [-0.39, 0.29) is 24.0 Å². The molecular formula is C15H33IN4S. The third-order valence-electron chi connectivity index (χ3n) is 4.25. The lowest BCUT2D eigenvalue weighted by molar-refractivity contribution is 0.255. The number of nitrogens with one attached hydrogen (secondary N) is 2. The van der Waals surface area contributed by atoms with Gasteiger partial charge in [-0.25, -0.2) is 0 Å². The summed E-state index contributed by atoms with van der Waals surface area (Å²) >= 11 is 2.08. The molecule has 1 saturated heterocycles. The van der Waals surface area contributed by atoms with Crippen LogP contribution >= 0.6 is 35.7 Å². The van der Waals surface area contributed by atoms with Crippen molar-refractivity contribution < 1.29 is 0 Å². The van der Waals surface area contributed by atoms with Crippen LogP contribution in [0.2, 0.25) is 0 Å². The van der Waals surface area contributed by atoms with Crippen LogP contribution in [0.25, 0.3) is 0 Å². The van der Waals surface area contributed by atoms with Crippen molar-refractivity contribution in [1.29, 1.82) is 0 Å². The summed E-state index contributed by atoms with van der Waals surface area (Å²) < 4.78 is 0.380. The fourth-order valence-corrected chi connectivity index (χ4v) is 3.59. The molecule has 0 aromatic rings. The lowest BCUT2D eigenvalue weighted by Crippen LogP contribution is -2.46. The van der Waals surface area contributed by atoms with E-state index in [2.05, 4.69) is 60.1 Å². The molecule has 2 atom stereocenters. The second kappa shape index (κ2) is 10.9. The maximum atomic E-state index is 4.31. The molecule has 2 unspecified atom stereocenters. The number of hydrogen-bond acceptors (Lipinski definition) is 3. The standard InChI is InChI=1S/C15H32N4S.HI/c1-6-13(2)19(5)10-9-17-14(16-4)18-12-15(3)8-7-11-20-15;/h13H,6-12H2,1-5H3,(H2,16,17,18);1H. The fraction of sp³-hybridized carbons (Fsp3) is 0.933. The van der Waals surface area contributed by atoms with Crippen molar-refractivity contribution in [3.05, 3.63) is 0 Å². The summed E-state index contributed by atoms with van der Waals surface area (Å²) in [5.41, 5.74) is 0. The number of aliphatic imine (C=N–C) groups is 1. The maximum Gasteiger partial charge on any atom is 0.191 e. The first-order valence-corrected chi connectivity index (χ1v) is 8.78. The van der Waals surface area contributed by atoms with Gasteiger partial charge in [-0.2, -0.15) is 11.8 Å². The second-order valence-electron chi connectivity index (χ2n) is 5.99. The van der Waals surface area contributed by atoms with Crippen molar-refractivity contribution in [3.8, 4) is 0 Å². The molecule has 6 heteroatoms. The highest BCUT2D eigenvalue weighted by Crippen LogP contribution is 2.36. The van der Waals surface area contributed by atoms with Gasteiger partial charge >= 0.3 is 0 Å². The van der Waals surface area contributed by atoms with Crippen LogP contribution in [0.4, 0.5) is 0 Å². The van der Waals surface area contributed by atoms with E-state index in [1.165, 1.54) is 25.0 Å². The predicted octanol–water partition coefficient (Wildman–Crippen LogP) is 2.79. The van der Waals surface area contributed by atoms with E-state index in [0.29, 0.717) is 10.8 Å². The molecule has 21 heavy (non-hydrogen) atoms. The number of hydrogen-bond donors (Lipinski definition) is 2. The van der Waals surface area contributed by atoms with Gasteiger partial charge in [-0.1, -0.05) is 6.92 Å². The highest BCUT2D eigenvalue weighted by molar-refractivity contribution is 14.0. The van der Waals surface area contributed by atoms with E-state index in [0.717, 1.165) is 25.6 Å². The van der Waals surface area contributed by atoms with Crippen LogP contribution in [0.3, 0.4) is 0 Å². The van der Waals surface area contributed by atoms with Crippen molar-refractivity contribution in [3.63, 3.8) is 0 Å². The SMILES string of the molecule is CCC(C)N(C)CCNC(=NC)NCC1(C)CCCS1.I. The highest BCUT2D eigenvalue weighted by atomic mass is 127. The van der Waals surface area contributed by atoms with E-state index >= 15 is 0 Å². The smallest absolute Gasteiger partial charge is 0.191 e. The molecule has 0 saturated carbocycles. The van der Waals surface area contributed by atoms with Gasteiger partial charge in [0.15, 0.2) is 5.96 Å². The Balaban J connectivity index is 0.00000400. The van der Waals surface area contributed by atoms with Crippen molar-refractivity contribution >= 4 is 41.7 Å². The third kappa shape index (κ3) is 7.93. The average Bonchev–Trinajstić information content (AvgIpc) is 2.88. The molecule has 0 amide bonds. The van der Waals surface area contributed by atoms with Gasteiger partial charge in [-0.3, -0.25) is 4.99 Å². The number of likely N-dealkylation sites (N-methyl/N-ethyl adjacent to an activating group) is 1. The van der Waals surface area contributed by atoms with Gasteiger partial charge in [0.2, 0.25) is 0 Å². The Morgan fingerprint density at radius 2 is 2.14 bits per heavy atom. The Hall–Kier alpha value is 0.310. The molecule has 0 radical (unpaired) electrons. The minimum atomic E-state index is 0. The molecule has 1 aliphatic heterocycles. The Labute approximate surface area is 152 Å². The largest absolute Gasteiger partial charge is 0.355 e. The van der Waals surface area contributed by atoms with E-state index in [4.69, 9.17) is 0 Å². The summed E-state index contributed by atoms with van der Waals surface area (Å²) in [5, 5.41) is 6.88. The topological polar surface area (TPSA) is 39.7 Å². The lowest BCUT2D eigenvalue weighted by atomic mass is 10.1. The Morgan fingerprint density at radius 1 is 1.43 bits per heavy atom. The van der Waals surface area contributed by atoms with Gasteiger partial charge in [-0.15, -0.1) is 24.0 Å². The summed E-state index contributed by atoms with van der Waals surface area (Å²) in [6.45, 7) is 9.83. The molecule has 1 aliphatic rings. The number of halogens is 1. The minimum Gasteiger partial charge on any atom is -0.355 e. The number of nitrogens with zero attached hydrogens (tertiary/aromatic N) is 2. The van der Waals surface area contributed by atoms with Crippen LogP contribution in [0.1, 0.15) is 40.0 Å². The molecule has 1 heterocycles.